The number of carbonyl (C=O) groups excluding carboxylic acids is 1. The van der Waals surface area contributed by atoms with Crippen LogP contribution in [0.3, 0.4) is 0 Å². The van der Waals surface area contributed by atoms with Crippen molar-refractivity contribution in [2.75, 3.05) is 5.32 Å². The van der Waals surface area contributed by atoms with E-state index in [1.807, 2.05) is 5.32 Å². The molecule has 3 rings (SSSR count). The van der Waals surface area contributed by atoms with Gasteiger partial charge in [-0.1, -0.05) is 23.2 Å². The average Bonchev–Trinajstić information content (AvgIpc) is 2.95. The number of amides is 1. The highest BCUT2D eigenvalue weighted by atomic mass is 35.5. The fourth-order valence-electron chi connectivity index (χ4n) is 2.70. The van der Waals surface area contributed by atoms with Crippen LogP contribution < -0.4 is 5.32 Å². The minimum Gasteiger partial charge on any atom is -0.310 e. The number of aromatic nitrogens is 4. The van der Waals surface area contributed by atoms with Gasteiger partial charge >= 0.3 is 18.5 Å². The number of benzene rings is 1. The molecule has 33 heavy (non-hydrogen) atoms. The standard InChI is InChI=1S/C16H6Cl2F9N5O/c1-4(33)28-12-8-10(15(22,23)24)29-13(16(25,26)27)30-11(8)31-32(12)9-6(17)2-5(3-7(9)18)14(19,20)21/h2-3H,1H3,(H,28,33). The molecule has 1 amide bonds. The van der Waals surface area contributed by atoms with Crippen LogP contribution in [0.1, 0.15) is 24.0 Å². The van der Waals surface area contributed by atoms with E-state index >= 15 is 0 Å². The summed E-state index contributed by atoms with van der Waals surface area (Å²) in [6.45, 7) is 0.845. The second-order valence-electron chi connectivity index (χ2n) is 6.32. The first-order valence-corrected chi connectivity index (χ1v) is 8.96. The highest BCUT2D eigenvalue weighted by Crippen LogP contribution is 2.43. The Morgan fingerprint density at radius 1 is 0.909 bits per heavy atom. The van der Waals surface area contributed by atoms with Gasteiger partial charge in [0.05, 0.1) is 21.0 Å². The van der Waals surface area contributed by atoms with Gasteiger partial charge in [0.1, 0.15) is 11.5 Å². The van der Waals surface area contributed by atoms with Gasteiger partial charge in [-0.15, -0.1) is 5.10 Å². The Hall–Kier alpha value is -2.81. The summed E-state index contributed by atoms with van der Waals surface area (Å²) < 4.78 is 119. The molecular weight excluding hydrogens is 520 g/mol. The van der Waals surface area contributed by atoms with Crippen LogP contribution in [0.2, 0.25) is 10.0 Å². The predicted molar refractivity (Wildman–Crippen MR) is 96.0 cm³/mol. The van der Waals surface area contributed by atoms with Crippen molar-refractivity contribution < 1.29 is 44.3 Å². The normalized spacial score (nSPS) is 13.0. The molecule has 0 aliphatic carbocycles. The van der Waals surface area contributed by atoms with Crippen molar-refractivity contribution in [2.24, 2.45) is 0 Å². The van der Waals surface area contributed by atoms with Crippen molar-refractivity contribution in [3.8, 4) is 5.69 Å². The first-order valence-electron chi connectivity index (χ1n) is 8.20. The predicted octanol–water partition coefficient (Wildman–Crippen LogP) is 6.14. The van der Waals surface area contributed by atoms with Gasteiger partial charge in [-0.2, -0.15) is 39.5 Å². The van der Waals surface area contributed by atoms with E-state index in [1.54, 1.807) is 0 Å². The molecule has 3 aromatic rings. The Bertz CT molecular complexity index is 1240. The lowest BCUT2D eigenvalue weighted by atomic mass is 10.2. The Labute approximate surface area is 186 Å². The van der Waals surface area contributed by atoms with E-state index in [-0.39, 0.29) is 0 Å². The fraction of sp³-hybridized carbons (Fsp3) is 0.250. The second-order valence-corrected chi connectivity index (χ2v) is 7.13. The third-order valence-electron chi connectivity index (χ3n) is 3.91. The number of alkyl halides is 9. The zero-order chi connectivity index (χ0) is 25.1. The van der Waals surface area contributed by atoms with Gasteiger partial charge in [0.15, 0.2) is 11.3 Å². The number of halogens is 11. The molecule has 1 aromatic carbocycles. The number of hydrogen-bond donors (Lipinski definition) is 1. The van der Waals surface area contributed by atoms with Crippen molar-refractivity contribution in [1.29, 1.82) is 0 Å². The monoisotopic (exact) mass is 525 g/mol. The van der Waals surface area contributed by atoms with Crippen LogP contribution in [-0.2, 0) is 23.3 Å². The lowest BCUT2D eigenvalue weighted by Gasteiger charge is -2.15. The molecule has 0 unspecified atom stereocenters. The zero-order valence-corrected chi connectivity index (χ0v) is 17.0. The van der Waals surface area contributed by atoms with Crippen LogP contribution >= 0.6 is 23.2 Å². The minimum absolute atomic E-state index is 0.348. The largest absolute Gasteiger partial charge is 0.451 e. The van der Waals surface area contributed by atoms with Crippen LogP contribution in [0.15, 0.2) is 12.1 Å². The molecule has 1 N–H and O–H groups in total. The quantitative estimate of drug-likeness (QED) is 0.408. The van der Waals surface area contributed by atoms with Crippen molar-refractivity contribution in [2.45, 2.75) is 25.5 Å². The van der Waals surface area contributed by atoms with E-state index < -0.39 is 74.1 Å². The van der Waals surface area contributed by atoms with E-state index in [0.717, 1.165) is 6.92 Å². The molecule has 0 aliphatic heterocycles. The van der Waals surface area contributed by atoms with Gasteiger partial charge in [0, 0.05) is 6.92 Å². The molecule has 0 aliphatic rings. The number of hydrogen-bond acceptors (Lipinski definition) is 4. The molecule has 2 aromatic heterocycles. The molecule has 0 spiro atoms. The Morgan fingerprint density at radius 3 is 1.88 bits per heavy atom. The number of rotatable bonds is 2. The van der Waals surface area contributed by atoms with Crippen LogP contribution in [0.5, 0.6) is 0 Å². The molecule has 6 nitrogen and oxygen atoms in total. The smallest absolute Gasteiger partial charge is 0.310 e. The molecule has 0 fully saturated rings. The maximum atomic E-state index is 13.6. The van der Waals surface area contributed by atoms with E-state index in [4.69, 9.17) is 23.2 Å². The number of fused-ring (bicyclic) bond motifs is 1. The maximum absolute atomic E-state index is 13.6. The topological polar surface area (TPSA) is 72.7 Å². The lowest BCUT2D eigenvalue weighted by Crippen LogP contribution is -2.18. The number of nitrogens with zero attached hydrogens (tertiary/aromatic N) is 4. The van der Waals surface area contributed by atoms with Crippen molar-refractivity contribution >= 4 is 46.0 Å². The van der Waals surface area contributed by atoms with Crippen molar-refractivity contribution in [3.05, 3.63) is 39.3 Å². The van der Waals surface area contributed by atoms with Crippen molar-refractivity contribution in [3.63, 3.8) is 0 Å². The molecule has 0 bridgehead atoms. The number of carbonyl (C=O) groups is 1. The summed E-state index contributed by atoms with van der Waals surface area (Å²) in [5.41, 5.74) is -5.27. The minimum atomic E-state index is -5.48. The Morgan fingerprint density at radius 2 is 1.45 bits per heavy atom. The Balaban J connectivity index is 2.46. The van der Waals surface area contributed by atoms with Gasteiger partial charge < -0.3 is 5.32 Å². The summed E-state index contributed by atoms with van der Waals surface area (Å²) >= 11 is 11.7. The van der Waals surface area contributed by atoms with Gasteiger partial charge in [0.25, 0.3) is 0 Å². The van der Waals surface area contributed by atoms with Gasteiger partial charge in [-0.05, 0) is 12.1 Å². The zero-order valence-electron chi connectivity index (χ0n) is 15.5. The highest BCUT2D eigenvalue weighted by Gasteiger charge is 2.43. The lowest BCUT2D eigenvalue weighted by molar-refractivity contribution is -0.151. The van der Waals surface area contributed by atoms with Gasteiger partial charge in [-0.25, -0.2) is 14.6 Å². The first kappa shape index (κ1) is 24.8. The third kappa shape index (κ3) is 4.78. The summed E-state index contributed by atoms with van der Waals surface area (Å²) in [5.74, 6) is -4.11. The maximum Gasteiger partial charge on any atom is 0.451 e. The molecule has 0 saturated heterocycles. The second kappa shape index (κ2) is 7.90. The van der Waals surface area contributed by atoms with Crippen molar-refractivity contribution in [1.82, 2.24) is 19.7 Å². The SMILES string of the molecule is CC(=O)Nc1c2c(C(F)(F)F)nc(C(F)(F)F)nc2nn1-c1c(Cl)cc(C(F)(F)F)cc1Cl. The highest BCUT2D eigenvalue weighted by molar-refractivity contribution is 6.38. The molecular formula is C16H6Cl2F9N5O. The van der Waals surface area contributed by atoms with Gasteiger partial charge in [0.2, 0.25) is 11.7 Å². The molecule has 0 saturated carbocycles. The third-order valence-corrected chi connectivity index (χ3v) is 4.48. The molecule has 2 heterocycles. The van der Waals surface area contributed by atoms with E-state index in [1.165, 1.54) is 0 Å². The summed E-state index contributed by atoms with van der Waals surface area (Å²) in [6.07, 6.45) is -15.8. The average molecular weight is 526 g/mol. The summed E-state index contributed by atoms with van der Waals surface area (Å²) in [6, 6.07) is 0.730. The summed E-state index contributed by atoms with van der Waals surface area (Å²) in [4.78, 5) is 17.1. The first-order chi connectivity index (χ1) is 14.9. The molecule has 0 radical (unpaired) electrons. The van der Waals surface area contributed by atoms with Crippen LogP contribution in [0.25, 0.3) is 16.7 Å². The van der Waals surface area contributed by atoms with Crippen LogP contribution in [0, 0.1) is 0 Å². The fourth-order valence-corrected chi connectivity index (χ4v) is 3.34. The van der Waals surface area contributed by atoms with E-state index in [0.29, 0.717) is 16.8 Å². The molecule has 0 atom stereocenters. The van der Waals surface area contributed by atoms with E-state index in [9.17, 15) is 44.3 Å². The van der Waals surface area contributed by atoms with Crippen LogP contribution in [0.4, 0.5) is 45.3 Å². The summed E-state index contributed by atoms with van der Waals surface area (Å²) in [7, 11) is 0. The van der Waals surface area contributed by atoms with Crippen LogP contribution in [-0.4, -0.2) is 25.7 Å². The number of anilines is 1. The number of nitrogens with one attached hydrogen (secondary N) is 1. The molecule has 178 valence electrons. The van der Waals surface area contributed by atoms with Gasteiger partial charge in [-0.3, -0.25) is 4.79 Å². The Kier molecular flexibility index (Phi) is 5.94. The van der Waals surface area contributed by atoms with E-state index in [2.05, 4.69) is 15.1 Å². The molecule has 17 heteroatoms. The summed E-state index contributed by atoms with van der Waals surface area (Å²) in [5, 5.41) is 2.68.